The van der Waals surface area contributed by atoms with Crippen LogP contribution < -0.4 is 14.4 Å². The summed E-state index contributed by atoms with van der Waals surface area (Å²) in [6, 6.07) is 10.8. The molecule has 9 heteroatoms. The molecule has 2 heterocycles. The van der Waals surface area contributed by atoms with E-state index in [1.165, 1.54) is 12.2 Å². The summed E-state index contributed by atoms with van der Waals surface area (Å²) in [6.45, 7) is 10.9. The molecule has 1 aromatic carbocycles. The van der Waals surface area contributed by atoms with Crippen molar-refractivity contribution in [2.24, 2.45) is 5.92 Å². The molecule has 2 aliphatic rings. The van der Waals surface area contributed by atoms with E-state index >= 15 is 0 Å². The highest BCUT2D eigenvalue weighted by Crippen LogP contribution is 2.38. The lowest BCUT2D eigenvalue weighted by molar-refractivity contribution is -0.114. The summed E-state index contributed by atoms with van der Waals surface area (Å²) in [5.74, 6) is 0.135. The van der Waals surface area contributed by atoms with Crippen LogP contribution >= 0.6 is 0 Å². The number of carbonyl (C=O) groups is 2. The molecule has 1 saturated heterocycles. The molecule has 1 aliphatic carbocycles. The predicted octanol–water partition coefficient (Wildman–Crippen LogP) is 4.63. The summed E-state index contributed by atoms with van der Waals surface area (Å²) in [7, 11) is -4.34. The van der Waals surface area contributed by atoms with E-state index in [-0.39, 0.29) is 23.6 Å². The number of Topliss-reactive ketones (excluding diaryl/α,β-unsaturated/α-hetero) is 1. The molecule has 2 aromatic rings. The zero-order valence-electron chi connectivity index (χ0n) is 21.8. The molecule has 1 amide bonds. The number of carbonyl (C=O) groups excluding carboxylic acids is 2. The largest absolute Gasteiger partial charge is 0.491 e. The van der Waals surface area contributed by atoms with Crippen molar-refractivity contribution >= 4 is 27.5 Å². The molecular formula is C28H33N3O5S. The highest BCUT2D eigenvalue weighted by Gasteiger charge is 2.39. The van der Waals surface area contributed by atoms with Crippen molar-refractivity contribution in [1.29, 1.82) is 0 Å². The van der Waals surface area contributed by atoms with Crippen molar-refractivity contribution in [3.8, 4) is 17.0 Å². The van der Waals surface area contributed by atoms with Crippen LogP contribution in [0.2, 0.25) is 0 Å². The van der Waals surface area contributed by atoms with Gasteiger partial charge >= 0.3 is 0 Å². The van der Waals surface area contributed by atoms with Gasteiger partial charge in [-0.25, -0.2) is 18.1 Å². The average molecular weight is 524 g/mol. The smallest absolute Gasteiger partial charge is 0.268 e. The number of hydrogen-bond acceptors (Lipinski definition) is 7. The zero-order chi connectivity index (χ0) is 27.0. The van der Waals surface area contributed by atoms with E-state index in [2.05, 4.69) is 30.4 Å². The number of nitrogens with zero attached hydrogens (tertiary/aromatic N) is 2. The summed E-state index contributed by atoms with van der Waals surface area (Å²) in [5.41, 5.74) is 1.33. The molecule has 0 radical (unpaired) electrons. The predicted molar refractivity (Wildman–Crippen MR) is 144 cm³/mol. The quantitative estimate of drug-likeness (QED) is 0.564. The van der Waals surface area contributed by atoms with Crippen molar-refractivity contribution in [3.05, 3.63) is 65.1 Å². The van der Waals surface area contributed by atoms with Crippen LogP contribution in [-0.4, -0.2) is 43.3 Å². The first-order valence-electron chi connectivity index (χ1n) is 12.4. The Balaban J connectivity index is 1.73. The number of rotatable bonds is 7. The maximum atomic E-state index is 13.3. The average Bonchev–Trinajstić information content (AvgIpc) is 3.10. The van der Waals surface area contributed by atoms with Gasteiger partial charge in [0.25, 0.3) is 15.9 Å². The Morgan fingerprint density at radius 1 is 1.16 bits per heavy atom. The minimum atomic E-state index is -4.34. The summed E-state index contributed by atoms with van der Waals surface area (Å²) in [5, 5.41) is 0. The number of benzene rings is 1. The van der Waals surface area contributed by atoms with Crippen LogP contribution in [0.4, 0.5) is 5.82 Å². The van der Waals surface area contributed by atoms with Gasteiger partial charge in [0.1, 0.15) is 16.5 Å². The third-order valence-electron chi connectivity index (χ3n) is 6.45. The van der Waals surface area contributed by atoms with Crippen LogP contribution in [0.15, 0.2) is 59.5 Å². The van der Waals surface area contributed by atoms with Crippen molar-refractivity contribution in [2.45, 2.75) is 59.1 Å². The second-order valence-corrected chi connectivity index (χ2v) is 12.2. The Hall–Kier alpha value is -3.46. The monoisotopic (exact) mass is 523 g/mol. The molecular weight excluding hydrogens is 490 g/mol. The highest BCUT2D eigenvalue weighted by molar-refractivity contribution is 7.95. The highest BCUT2D eigenvalue weighted by atomic mass is 32.2. The SMILES string of the molecule is CC(C)Oc1ccc(-c2ccc(C(=O)NS(=O)(=O)C3=CC=CCC3=O)c(N3C[C@@H](C)CC3(C)C)n2)cc1. The number of ketones is 1. The maximum Gasteiger partial charge on any atom is 0.268 e. The standard InChI is InChI=1S/C28H33N3O5S/c1-18(2)36-21-12-10-20(11-13-21)23-15-14-22(26(29-23)31-17-19(3)16-28(31,4)5)27(33)30-37(34,35)25-9-7-6-8-24(25)32/h6-7,9-15,18-19H,8,16-17H2,1-5H3,(H,30,33)/t19-/m0/s1. The van der Waals surface area contributed by atoms with Crippen LogP contribution in [0, 0.1) is 5.92 Å². The number of nitrogens with one attached hydrogen (secondary N) is 1. The van der Waals surface area contributed by atoms with Crippen LogP contribution in [0.1, 0.15) is 57.8 Å². The van der Waals surface area contributed by atoms with Gasteiger partial charge in [-0.1, -0.05) is 19.1 Å². The molecule has 1 atom stereocenters. The Labute approximate surface area is 218 Å². The van der Waals surface area contributed by atoms with Gasteiger partial charge in [-0.3, -0.25) is 9.59 Å². The van der Waals surface area contributed by atoms with Gasteiger partial charge in [0.2, 0.25) is 0 Å². The molecule has 4 rings (SSSR count). The number of hydrogen-bond donors (Lipinski definition) is 1. The van der Waals surface area contributed by atoms with Gasteiger partial charge < -0.3 is 9.64 Å². The number of sulfonamides is 1. The fraction of sp³-hybridized carbons (Fsp3) is 0.393. The second-order valence-electron chi connectivity index (χ2n) is 10.5. The van der Waals surface area contributed by atoms with Crippen LogP contribution in [0.3, 0.4) is 0 Å². The number of pyridine rings is 1. The third-order valence-corrected chi connectivity index (χ3v) is 7.85. The summed E-state index contributed by atoms with van der Waals surface area (Å²) >= 11 is 0. The first-order chi connectivity index (χ1) is 17.4. The minimum absolute atomic E-state index is 0.0245. The van der Waals surface area contributed by atoms with Gasteiger partial charge in [0.05, 0.1) is 17.4 Å². The molecule has 0 spiro atoms. The van der Waals surface area contributed by atoms with Crippen molar-refractivity contribution < 1.29 is 22.7 Å². The zero-order valence-corrected chi connectivity index (χ0v) is 22.6. The summed E-state index contributed by atoms with van der Waals surface area (Å²) in [6.07, 6.45) is 5.20. The second kappa shape index (κ2) is 10.1. The molecule has 1 N–H and O–H groups in total. The maximum absolute atomic E-state index is 13.3. The molecule has 0 unspecified atom stereocenters. The molecule has 1 fully saturated rings. The number of ether oxygens (including phenoxy) is 1. The van der Waals surface area contributed by atoms with E-state index in [0.29, 0.717) is 24.0 Å². The molecule has 0 bridgehead atoms. The van der Waals surface area contributed by atoms with Gasteiger partial charge in [-0.15, -0.1) is 0 Å². The number of aromatic nitrogens is 1. The first kappa shape index (κ1) is 26.6. The Bertz CT molecular complexity index is 1380. The molecule has 8 nitrogen and oxygen atoms in total. The van der Waals surface area contributed by atoms with Crippen LogP contribution in [0.25, 0.3) is 11.3 Å². The number of allylic oxidation sites excluding steroid dienone is 4. The van der Waals surface area contributed by atoms with Gasteiger partial charge in [-0.05, 0) is 82.5 Å². The van der Waals surface area contributed by atoms with Gasteiger partial charge in [0, 0.05) is 24.1 Å². The van der Waals surface area contributed by atoms with E-state index in [1.54, 1.807) is 18.2 Å². The molecule has 37 heavy (non-hydrogen) atoms. The Morgan fingerprint density at radius 3 is 2.46 bits per heavy atom. The number of amides is 1. The molecule has 196 valence electrons. The van der Waals surface area contributed by atoms with Gasteiger partial charge in [0.15, 0.2) is 5.78 Å². The fourth-order valence-electron chi connectivity index (χ4n) is 4.92. The Morgan fingerprint density at radius 2 is 1.86 bits per heavy atom. The molecule has 1 aromatic heterocycles. The lowest BCUT2D eigenvalue weighted by atomic mass is 9.97. The number of anilines is 1. The fourth-order valence-corrected chi connectivity index (χ4v) is 6.03. The van der Waals surface area contributed by atoms with E-state index in [9.17, 15) is 18.0 Å². The topological polar surface area (TPSA) is 106 Å². The lowest BCUT2D eigenvalue weighted by Gasteiger charge is -2.34. The summed E-state index contributed by atoms with van der Waals surface area (Å²) in [4.78, 5) is 32.0. The van der Waals surface area contributed by atoms with E-state index in [1.807, 2.05) is 38.1 Å². The van der Waals surface area contributed by atoms with Gasteiger partial charge in [-0.2, -0.15) is 0 Å². The van der Waals surface area contributed by atoms with Crippen molar-refractivity contribution in [2.75, 3.05) is 11.4 Å². The summed E-state index contributed by atoms with van der Waals surface area (Å²) < 4.78 is 33.6. The van der Waals surface area contributed by atoms with Crippen LogP contribution in [0.5, 0.6) is 5.75 Å². The van der Waals surface area contributed by atoms with Crippen molar-refractivity contribution in [1.82, 2.24) is 9.71 Å². The van der Waals surface area contributed by atoms with E-state index < -0.39 is 26.6 Å². The van der Waals surface area contributed by atoms with Crippen LogP contribution in [-0.2, 0) is 14.8 Å². The van der Waals surface area contributed by atoms with E-state index in [0.717, 1.165) is 17.7 Å². The minimum Gasteiger partial charge on any atom is -0.491 e. The first-order valence-corrected chi connectivity index (χ1v) is 13.9. The van der Waals surface area contributed by atoms with Crippen molar-refractivity contribution in [3.63, 3.8) is 0 Å². The third kappa shape index (κ3) is 5.77. The lowest BCUT2D eigenvalue weighted by Crippen LogP contribution is -2.41. The normalized spacial score (nSPS) is 19.2. The molecule has 1 aliphatic heterocycles. The Kier molecular flexibility index (Phi) is 7.28. The van der Waals surface area contributed by atoms with E-state index in [4.69, 9.17) is 9.72 Å². The molecule has 0 saturated carbocycles.